The fourth-order valence-electron chi connectivity index (χ4n) is 3.09. The number of rotatable bonds is 11. The quantitative estimate of drug-likeness (QED) is 0.192. The molecular weight excluding hydrogens is 410 g/mol. The summed E-state index contributed by atoms with van der Waals surface area (Å²) < 4.78 is 10.1. The van der Waals surface area contributed by atoms with Crippen LogP contribution in [0.4, 0.5) is 5.69 Å². The van der Waals surface area contributed by atoms with Crippen molar-refractivity contribution in [2.45, 2.75) is 56.0 Å². The van der Waals surface area contributed by atoms with Crippen LogP contribution in [0.25, 0.3) is 0 Å². The smallest absolute Gasteiger partial charge is 0.246 e. The number of nitrogens with one attached hydrogen (secondary N) is 2. The van der Waals surface area contributed by atoms with Gasteiger partial charge in [-0.05, 0) is 31.4 Å². The lowest BCUT2D eigenvalue weighted by Gasteiger charge is -2.39. The van der Waals surface area contributed by atoms with E-state index >= 15 is 0 Å². The second-order valence-electron chi connectivity index (χ2n) is 7.31. The minimum Gasteiger partial charge on any atom is -0.394 e. The van der Waals surface area contributed by atoms with Crippen LogP contribution in [0.2, 0.25) is 0 Å². The number of anilines is 1. The van der Waals surface area contributed by atoms with Gasteiger partial charge in [0, 0.05) is 12.2 Å². The number of ether oxygens (including phenoxy) is 2. The summed E-state index contributed by atoms with van der Waals surface area (Å²) in [7, 11) is 0. The topological polar surface area (TPSA) is 184 Å². The molecule has 1 aromatic rings. The van der Waals surface area contributed by atoms with Gasteiger partial charge in [-0.15, -0.1) is 0 Å². The van der Waals surface area contributed by atoms with Gasteiger partial charge in [-0.25, -0.2) is 0 Å². The van der Waals surface area contributed by atoms with Crippen LogP contribution < -0.4 is 16.4 Å². The van der Waals surface area contributed by atoms with Crippen molar-refractivity contribution in [2.24, 2.45) is 5.73 Å². The zero-order valence-corrected chi connectivity index (χ0v) is 17.1. The van der Waals surface area contributed by atoms with Gasteiger partial charge in [0.2, 0.25) is 11.8 Å². The second-order valence-corrected chi connectivity index (χ2v) is 7.31. The van der Waals surface area contributed by atoms with Crippen LogP contribution in [0.15, 0.2) is 30.3 Å². The fourth-order valence-corrected chi connectivity index (χ4v) is 3.09. The SMILES string of the molecule is NC(CCCCNC(=O)CO[C@@H]1[C@@H](O)[C@@H](O)O[C@H](CO)[C@H]1O)C(=O)Nc1ccccc1. The lowest BCUT2D eigenvalue weighted by atomic mass is 9.99. The van der Waals surface area contributed by atoms with Crippen molar-refractivity contribution in [3.05, 3.63) is 30.3 Å². The summed E-state index contributed by atoms with van der Waals surface area (Å²) in [4.78, 5) is 23.9. The molecule has 0 spiro atoms. The average Bonchev–Trinajstić information content (AvgIpc) is 2.76. The monoisotopic (exact) mass is 441 g/mol. The van der Waals surface area contributed by atoms with Crippen molar-refractivity contribution in [2.75, 3.05) is 25.1 Å². The molecule has 2 rings (SSSR count). The van der Waals surface area contributed by atoms with Crippen LogP contribution in [0.1, 0.15) is 19.3 Å². The lowest BCUT2D eigenvalue weighted by molar-refractivity contribution is -0.293. The number of carbonyl (C=O) groups excluding carboxylic acids is 2. The Morgan fingerprint density at radius 2 is 1.84 bits per heavy atom. The lowest BCUT2D eigenvalue weighted by Crippen LogP contribution is -2.59. The van der Waals surface area contributed by atoms with E-state index in [1.54, 1.807) is 12.1 Å². The van der Waals surface area contributed by atoms with Crippen LogP contribution in [0, 0.1) is 0 Å². The predicted molar refractivity (Wildman–Crippen MR) is 110 cm³/mol. The van der Waals surface area contributed by atoms with E-state index in [2.05, 4.69) is 10.6 Å². The summed E-state index contributed by atoms with van der Waals surface area (Å²) in [5, 5.41) is 43.9. The molecule has 1 aliphatic rings. The molecule has 0 aromatic heterocycles. The minimum absolute atomic E-state index is 0.277. The largest absolute Gasteiger partial charge is 0.394 e. The van der Waals surface area contributed by atoms with Gasteiger partial charge in [0.05, 0.1) is 12.6 Å². The maximum atomic E-state index is 12.0. The number of nitrogens with two attached hydrogens (primary N) is 1. The Morgan fingerprint density at radius 1 is 1.13 bits per heavy atom. The van der Waals surface area contributed by atoms with E-state index in [0.717, 1.165) is 0 Å². The van der Waals surface area contributed by atoms with Gasteiger partial charge in [0.1, 0.15) is 31.0 Å². The third-order valence-electron chi connectivity index (χ3n) is 4.89. The van der Waals surface area contributed by atoms with Gasteiger partial charge in [-0.3, -0.25) is 9.59 Å². The Hall–Kier alpha value is -2.12. The summed E-state index contributed by atoms with van der Waals surface area (Å²) in [6.45, 7) is -0.707. The Labute approximate surface area is 180 Å². The van der Waals surface area contributed by atoms with Crippen LogP contribution in [0.3, 0.4) is 0 Å². The first-order valence-corrected chi connectivity index (χ1v) is 10.1. The van der Waals surface area contributed by atoms with E-state index in [0.29, 0.717) is 31.5 Å². The molecule has 0 bridgehead atoms. The first kappa shape index (κ1) is 25.1. The molecule has 0 aliphatic carbocycles. The highest BCUT2D eigenvalue weighted by molar-refractivity contribution is 5.94. The highest BCUT2D eigenvalue weighted by Gasteiger charge is 2.44. The number of carbonyl (C=O) groups is 2. The molecule has 1 aliphatic heterocycles. The molecule has 174 valence electrons. The van der Waals surface area contributed by atoms with Gasteiger partial charge < -0.3 is 46.3 Å². The van der Waals surface area contributed by atoms with Gasteiger partial charge in [-0.1, -0.05) is 18.2 Å². The Morgan fingerprint density at radius 3 is 2.52 bits per heavy atom. The van der Waals surface area contributed by atoms with Crippen molar-refractivity contribution in [1.29, 1.82) is 0 Å². The molecule has 1 heterocycles. The molecule has 1 saturated heterocycles. The van der Waals surface area contributed by atoms with Gasteiger partial charge in [0.15, 0.2) is 6.29 Å². The molecule has 2 amide bonds. The molecule has 0 radical (unpaired) electrons. The first-order valence-electron chi connectivity index (χ1n) is 10.1. The highest BCUT2D eigenvalue weighted by Crippen LogP contribution is 2.22. The number of unbranched alkanes of at least 4 members (excludes halogenated alkanes) is 1. The summed E-state index contributed by atoms with van der Waals surface area (Å²) in [6, 6.07) is 8.34. The number of hydrogen-bond acceptors (Lipinski definition) is 9. The molecular formula is C20H31N3O8. The Balaban J connectivity index is 1.61. The van der Waals surface area contributed by atoms with Crippen molar-refractivity contribution >= 4 is 17.5 Å². The number of benzene rings is 1. The highest BCUT2D eigenvalue weighted by atomic mass is 16.6. The maximum absolute atomic E-state index is 12.0. The summed E-state index contributed by atoms with van der Waals surface area (Å²) >= 11 is 0. The molecule has 11 nitrogen and oxygen atoms in total. The summed E-state index contributed by atoms with van der Waals surface area (Å²) in [5.74, 6) is -0.757. The predicted octanol–water partition coefficient (Wildman–Crippen LogP) is -1.94. The van der Waals surface area contributed by atoms with E-state index in [1.807, 2.05) is 18.2 Å². The number of para-hydroxylation sites is 1. The van der Waals surface area contributed by atoms with Crippen LogP contribution >= 0.6 is 0 Å². The molecule has 8 N–H and O–H groups in total. The van der Waals surface area contributed by atoms with Gasteiger partial charge in [0.25, 0.3) is 0 Å². The summed E-state index contributed by atoms with van der Waals surface area (Å²) in [5.41, 5.74) is 6.56. The maximum Gasteiger partial charge on any atom is 0.246 e. The van der Waals surface area contributed by atoms with E-state index in [1.165, 1.54) is 0 Å². The number of aliphatic hydroxyl groups is 4. The van der Waals surface area contributed by atoms with E-state index < -0.39 is 55.9 Å². The Bertz CT molecular complexity index is 692. The van der Waals surface area contributed by atoms with Crippen molar-refractivity contribution in [3.63, 3.8) is 0 Å². The Kier molecular flexibility index (Phi) is 10.3. The number of hydrogen-bond donors (Lipinski definition) is 7. The minimum atomic E-state index is -1.64. The van der Waals surface area contributed by atoms with Gasteiger partial charge >= 0.3 is 0 Å². The number of aliphatic hydroxyl groups excluding tert-OH is 4. The molecule has 11 heteroatoms. The zero-order valence-electron chi connectivity index (χ0n) is 17.1. The zero-order chi connectivity index (χ0) is 22.8. The molecule has 31 heavy (non-hydrogen) atoms. The molecule has 1 aromatic carbocycles. The second kappa shape index (κ2) is 12.7. The third-order valence-corrected chi connectivity index (χ3v) is 4.89. The molecule has 1 unspecified atom stereocenters. The number of amides is 2. The fraction of sp³-hybridized carbons (Fsp3) is 0.600. The van der Waals surface area contributed by atoms with Crippen molar-refractivity contribution in [3.8, 4) is 0 Å². The van der Waals surface area contributed by atoms with E-state index in [-0.39, 0.29) is 5.91 Å². The summed E-state index contributed by atoms with van der Waals surface area (Å²) in [6.07, 6.45) is -5.36. The molecule has 6 atom stereocenters. The normalized spacial score (nSPS) is 26.8. The van der Waals surface area contributed by atoms with Crippen LogP contribution in [-0.4, -0.2) is 88.7 Å². The van der Waals surface area contributed by atoms with Crippen molar-refractivity contribution in [1.82, 2.24) is 5.32 Å². The average molecular weight is 441 g/mol. The van der Waals surface area contributed by atoms with Crippen LogP contribution in [0.5, 0.6) is 0 Å². The van der Waals surface area contributed by atoms with E-state index in [4.69, 9.17) is 20.3 Å². The van der Waals surface area contributed by atoms with E-state index in [9.17, 15) is 24.9 Å². The molecule has 1 fully saturated rings. The first-order chi connectivity index (χ1) is 14.8. The standard InChI is InChI=1S/C20H31N3O8/c21-13(19(28)23-12-6-2-1-3-7-12)8-4-5-9-22-15(25)11-30-18-16(26)14(10-24)31-20(29)17(18)27/h1-3,6-7,13-14,16-18,20,24,26-27,29H,4-5,8-11,21H2,(H,22,25)(H,23,28)/t13?,14-,16-,17-,18+,20+/m1/s1. The third kappa shape index (κ3) is 7.82. The molecule has 0 saturated carbocycles. The van der Waals surface area contributed by atoms with Crippen LogP contribution in [-0.2, 0) is 19.1 Å². The van der Waals surface area contributed by atoms with Gasteiger partial charge in [-0.2, -0.15) is 0 Å². The van der Waals surface area contributed by atoms with Crippen molar-refractivity contribution < 1.29 is 39.5 Å².